The van der Waals surface area contributed by atoms with Crippen LogP contribution in [0.15, 0.2) is 72.8 Å². The van der Waals surface area contributed by atoms with Crippen LogP contribution in [0.3, 0.4) is 0 Å². The normalized spacial score (nSPS) is 22.0. The van der Waals surface area contributed by atoms with Crippen molar-refractivity contribution in [1.29, 1.82) is 0 Å². The Bertz CT molecular complexity index is 1390. The van der Waals surface area contributed by atoms with E-state index in [1.165, 1.54) is 0 Å². The second-order valence-corrected chi connectivity index (χ2v) is 11.4. The molecule has 3 N–H and O–H groups in total. The van der Waals surface area contributed by atoms with E-state index in [1.54, 1.807) is 6.92 Å². The second kappa shape index (κ2) is 16.0. The molecule has 2 heterocycles. The first-order valence-electron chi connectivity index (χ1n) is 15.6. The number of carbonyl (C=O) groups excluding carboxylic acids is 2. The predicted octanol–water partition coefficient (Wildman–Crippen LogP) is 4.33. The smallest absolute Gasteiger partial charge is 0.325 e. The van der Waals surface area contributed by atoms with E-state index in [0.29, 0.717) is 6.54 Å². The molecule has 0 aromatic heterocycles. The van der Waals surface area contributed by atoms with E-state index < -0.39 is 18.3 Å². The number of ether oxygens (including phenoxy) is 4. The molecule has 0 spiro atoms. The van der Waals surface area contributed by atoms with E-state index in [9.17, 15) is 14.7 Å². The maximum atomic E-state index is 12.1. The Labute approximate surface area is 264 Å². The lowest BCUT2D eigenvalue weighted by Crippen LogP contribution is -2.47. The fourth-order valence-corrected chi connectivity index (χ4v) is 5.67. The number of nitrogens with zero attached hydrogens (tertiary/aromatic N) is 1. The third-order valence-electron chi connectivity index (χ3n) is 8.26. The number of aliphatic hydroxyl groups excluding tert-OH is 1. The highest BCUT2D eigenvalue weighted by atomic mass is 16.7. The van der Waals surface area contributed by atoms with Crippen molar-refractivity contribution >= 4 is 12.0 Å². The number of esters is 1. The van der Waals surface area contributed by atoms with Crippen LogP contribution in [0.4, 0.5) is 4.79 Å². The number of carbonyl (C=O) groups is 2. The minimum atomic E-state index is -0.535. The van der Waals surface area contributed by atoms with Gasteiger partial charge in [0.05, 0.1) is 38.6 Å². The summed E-state index contributed by atoms with van der Waals surface area (Å²) < 4.78 is 23.6. The molecule has 5 rings (SSSR count). The van der Waals surface area contributed by atoms with E-state index in [0.717, 1.165) is 66.2 Å². The van der Waals surface area contributed by atoms with Crippen LogP contribution in [0.2, 0.25) is 0 Å². The van der Waals surface area contributed by atoms with Crippen LogP contribution in [-0.2, 0) is 36.9 Å². The molecule has 2 aliphatic rings. The zero-order valence-electron chi connectivity index (χ0n) is 25.9. The topological polar surface area (TPSA) is 119 Å². The summed E-state index contributed by atoms with van der Waals surface area (Å²) in [5.74, 6) is -0.358. The summed E-state index contributed by atoms with van der Waals surface area (Å²) in [7, 11) is 0. The van der Waals surface area contributed by atoms with Gasteiger partial charge in [-0.15, -0.1) is 0 Å². The first-order chi connectivity index (χ1) is 21.9. The maximum Gasteiger partial charge on any atom is 0.325 e. The lowest BCUT2D eigenvalue weighted by molar-refractivity contribution is -0.277. The molecule has 3 aromatic rings. The Hall–Kier alpha value is -3.80. The maximum absolute atomic E-state index is 12.1. The van der Waals surface area contributed by atoms with Gasteiger partial charge in [0.1, 0.15) is 6.54 Å². The molecule has 0 aliphatic carbocycles. The number of rotatable bonds is 11. The van der Waals surface area contributed by atoms with Gasteiger partial charge >= 0.3 is 12.0 Å². The largest absolute Gasteiger partial charge is 0.465 e. The molecule has 0 radical (unpaired) electrons. The van der Waals surface area contributed by atoms with Crippen molar-refractivity contribution in [2.24, 2.45) is 5.92 Å². The van der Waals surface area contributed by atoms with E-state index in [1.807, 2.05) is 60.7 Å². The molecule has 4 atom stereocenters. The fourth-order valence-electron chi connectivity index (χ4n) is 5.67. The van der Waals surface area contributed by atoms with Crippen molar-refractivity contribution in [2.45, 2.75) is 45.5 Å². The second-order valence-electron chi connectivity index (χ2n) is 11.4. The Morgan fingerprint density at radius 2 is 1.64 bits per heavy atom. The van der Waals surface area contributed by atoms with Crippen molar-refractivity contribution in [1.82, 2.24) is 15.5 Å². The lowest BCUT2D eigenvalue weighted by Gasteiger charge is -2.43. The lowest BCUT2D eigenvalue weighted by atomic mass is 9.90. The molecule has 2 aliphatic heterocycles. The third kappa shape index (κ3) is 8.90. The number of amides is 2. The van der Waals surface area contributed by atoms with Gasteiger partial charge in [-0.05, 0) is 40.8 Å². The highest BCUT2D eigenvalue weighted by molar-refractivity contribution is 5.80. The third-order valence-corrected chi connectivity index (χ3v) is 8.26. The zero-order chi connectivity index (χ0) is 31.6. The summed E-state index contributed by atoms with van der Waals surface area (Å²) in [4.78, 5) is 26.0. The molecule has 0 unspecified atom stereocenters. The summed E-state index contributed by atoms with van der Waals surface area (Å²) in [6.07, 6.45) is -0.740. The standard InChI is InChI=1S/C35H43N3O7/c1-3-43-32(40)21-37-35(41)36-20-26-5-4-6-30(19-26)27-11-13-29(14-12-27)34-44-31(22-38-15-17-42-18-16-38)24(2)33(45-34)28-9-7-25(23-39)8-10-28/h4-14,19,24,31,33-34,39H,3,15-18,20-23H2,1-2H3,(H2,36,37,41)/t24-,31+,33+,34+/m1/s1. The SMILES string of the molecule is CCOC(=O)CNC(=O)NCc1cccc(-c2ccc([C@H]3O[C@@H](CN4CCOCC4)[C@@H](C)[C@@H](c4ccc(CO)cc4)O3)cc2)c1. The molecule has 0 saturated carbocycles. The average molecular weight is 618 g/mol. The van der Waals surface area contributed by atoms with Crippen molar-refractivity contribution in [2.75, 3.05) is 46.0 Å². The van der Waals surface area contributed by atoms with Crippen LogP contribution >= 0.6 is 0 Å². The molecule has 10 nitrogen and oxygen atoms in total. The molecular weight excluding hydrogens is 574 g/mol. The van der Waals surface area contributed by atoms with Crippen molar-refractivity contribution in [3.63, 3.8) is 0 Å². The van der Waals surface area contributed by atoms with Crippen molar-refractivity contribution < 1.29 is 33.6 Å². The number of nitrogens with one attached hydrogen (secondary N) is 2. The summed E-state index contributed by atoms with van der Waals surface area (Å²) in [5.41, 5.74) is 5.84. The van der Waals surface area contributed by atoms with Crippen LogP contribution in [0.5, 0.6) is 0 Å². The average Bonchev–Trinajstić information content (AvgIpc) is 3.08. The Kier molecular flexibility index (Phi) is 11.6. The first-order valence-corrected chi connectivity index (χ1v) is 15.6. The van der Waals surface area contributed by atoms with Gasteiger partial charge in [-0.2, -0.15) is 0 Å². The highest BCUT2D eigenvalue weighted by Gasteiger charge is 2.39. The van der Waals surface area contributed by atoms with Gasteiger partial charge in [-0.3, -0.25) is 9.69 Å². The molecule has 2 fully saturated rings. The van der Waals surface area contributed by atoms with Gasteiger partial charge in [0, 0.05) is 37.7 Å². The van der Waals surface area contributed by atoms with Crippen molar-refractivity contribution in [3.8, 4) is 11.1 Å². The van der Waals surface area contributed by atoms with Crippen LogP contribution in [0.1, 0.15) is 48.5 Å². The highest BCUT2D eigenvalue weighted by Crippen LogP contribution is 2.42. The number of benzene rings is 3. The number of aliphatic hydroxyl groups is 1. The quantitative estimate of drug-likeness (QED) is 0.272. The number of hydrogen-bond donors (Lipinski definition) is 3. The van der Waals surface area contributed by atoms with Gasteiger partial charge in [-0.1, -0.05) is 73.7 Å². The number of hydrogen-bond acceptors (Lipinski definition) is 8. The van der Waals surface area contributed by atoms with Crippen LogP contribution in [-0.4, -0.2) is 74.1 Å². The van der Waals surface area contributed by atoms with Gasteiger partial charge in [-0.25, -0.2) is 4.79 Å². The number of urea groups is 1. The first kappa shape index (κ1) is 32.6. The predicted molar refractivity (Wildman–Crippen MR) is 169 cm³/mol. The minimum absolute atomic E-state index is 0.00493. The van der Waals surface area contributed by atoms with E-state index in [-0.39, 0.29) is 37.9 Å². The summed E-state index contributed by atoms with van der Waals surface area (Å²) in [6.45, 7) is 8.34. The molecule has 2 amide bonds. The van der Waals surface area contributed by atoms with Gasteiger partial charge in [0.25, 0.3) is 0 Å². The Balaban J connectivity index is 1.27. The molecule has 3 aromatic carbocycles. The summed E-state index contributed by atoms with van der Waals surface area (Å²) >= 11 is 0. The van der Waals surface area contributed by atoms with Crippen LogP contribution in [0, 0.1) is 5.92 Å². The van der Waals surface area contributed by atoms with Crippen molar-refractivity contribution in [3.05, 3.63) is 95.1 Å². The van der Waals surface area contributed by atoms with Gasteiger partial charge < -0.3 is 34.7 Å². The Morgan fingerprint density at radius 3 is 2.36 bits per heavy atom. The molecular formula is C35H43N3O7. The van der Waals surface area contributed by atoms with Gasteiger partial charge in [0.2, 0.25) is 0 Å². The summed E-state index contributed by atoms with van der Waals surface area (Å²) in [5, 5.41) is 14.8. The van der Waals surface area contributed by atoms with E-state index >= 15 is 0 Å². The molecule has 10 heteroatoms. The molecule has 0 bridgehead atoms. The van der Waals surface area contributed by atoms with E-state index in [4.69, 9.17) is 18.9 Å². The number of morpholine rings is 1. The minimum Gasteiger partial charge on any atom is -0.465 e. The monoisotopic (exact) mass is 617 g/mol. The van der Waals surface area contributed by atoms with Gasteiger partial charge in [0.15, 0.2) is 6.29 Å². The molecule has 2 saturated heterocycles. The van der Waals surface area contributed by atoms with E-state index in [2.05, 4.69) is 34.6 Å². The fraction of sp³-hybridized carbons (Fsp3) is 0.429. The van der Waals surface area contributed by atoms with Crippen LogP contribution in [0.25, 0.3) is 11.1 Å². The summed E-state index contributed by atoms with van der Waals surface area (Å²) in [6, 6.07) is 23.7. The Morgan fingerprint density at radius 1 is 0.911 bits per heavy atom. The molecule has 45 heavy (non-hydrogen) atoms. The van der Waals surface area contributed by atoms with Crippen LogP contribution < -0.4 is 10.6 Å². The molecule has 240 valence electrons. The zero-order valence-corrected chi connectivity index (χ0v) is 25.9.